The lowest BCUT2D eigenvalue weighted by atomic mass is 10.0. The highest BCUT2D eigenvalue weighted by atomic mass is 32.1. The predicted octanol–water partition coefficient (Wildman–Crippen LogP) is 3.08. The van der Waals surface area contributed by atoms with Crippen molar-refractivity contribution in [3.05, 3.63) is 45.4 Å². The lowest BCUT2D eigenvalue weighted by Gasteiger charge is -2.19. The summed E-state index contributed by atoms with van der Waals surface area (Å²) < 4.78 is 5.47. The third-order valence-corrected chi connectivity index (χ3v) is 4.03. The number of methoxy groups -OCH3 is 1. The Hall–Kier alpha value is -1.39. The van der Waals surface area contributed by atoms with Crippen LogP contribution >= 0.6 is 11.3 Å². The van der Waals surface area contributed by atoms with E-state index in [2.05, 4.69) is 29.4 Å². The van der Waals surface area contributed by atoms with Gasteiger partial charge in [0, 0.05) is 10.4 Å². The topological polar surface area (TPSA) is 34.1 Å². The molecule has 0 saturated carbocycles. The summed E-state index contributed by atoms with van der Waals surface area (Å²) >= 11 is 1.67. The van der Waals surface area contributed by atoms with Crippen LogP contribution in [-0.4, -0.2) is 19.1 Å². The summed E-state index contributed by atoms with van der Waals surface area (Å²) in [6.45, 7) is 4.13. The molecule has 1 aromatic heterocycles. The summed E-state index contributed by atoms with van der Waals surface area (Å²) in [6, 6.07) is 6.38. The first kappa shape index (κ1) is 13.1. The van der Waals surface area contributed by atoms with Crippen LogP contribution in [0.3, 0.4) is 0 Å². The van der Waals surface area contributed by atoms with E-state index in [1.54, 1.807) is 18.4 Å². The van der Waals surface area contributed by atoms with Gasteiger partial charge in [-0.2, -0.15) is 0 Å². The predicted molar refractivity (Wildman–Crippen MR) is 75.5 cm³/mol. The van der Waals surface area contributed by atoms with Gasteiger partial charge < -0.3 is 10.1 Å². The highest BCUT2D eigenvalue weighted by Gasteiger charge is 2.20. The minimum Gasteiger partial charge on any atom is -0.496 e. The van der Waals surface area contributed by atoms with Crippen molar-refractivity contribution in [1.82, 2.24) is 10.3 Å². The molecule has 0 radical (unpaired) electrons. The van der Waals surface area contributed by atoms with Crippen molar-refractivity contribution in [3.63, 3.8) is 0 Å². The molecule has 0 amide bonds. The molecule has 2 rings (SSSR count). The van der Waals surface area contributed by atoms with Gasteiger partial charge in [0.25, 0.3) is 0 Å². The van der Waals surface area contributed by atoms with Crippen molar-refractivity contribution in [2.24, 2.45) is 0 Å². The zero-order valence-electron chi connectivity index (χ0n) is 11.2. The number of aryl methyl sites for hydroxylation is 2. The van der Waals surface area contributed by atoms with Crippen LogP contribution in [0.1, 0.15) is 27.7 Å². The highest BCUT2D eigenvalue weighted by molar-refractivity contribution is 7.09. The van der Waals surface area contributed by atoms with Gasteiger partial charge >= 0.3 is 0 Å². The Kier molecular flexibility index (Phi) is 3.99. The van der Waals surface area contributed by atoms with Crippen LogP contribution in [0.5, 0.6) is 5.75 Å². The molecule has 1 atom stereocenters. The van der Waals surface area contributed by atoms with Gasteiger partial charge in [-0.3, -0.25) is 0 Å². The average Bonchev–Trinajstić information content (AvgIpc) is 2.77. The quantitative estimate of drug-likeness (QED) is 0.919. The van der Waals surface area contributed by atoms with Gasteiger partial charge in [0.2, 0.25) is 0 Å². The Balaban J connectivity index is 2.51. The Morgan fingerprint density at radius 1 is 1.33 bits per heavy atom. The lowest BCUT2D eigenvalue weighted by molar-refractivity contribution is 0.405. The third kappa shape index (κ3) is 2.40. The van der Waals surface area contributed by atoms with E-state index in [1.807, 2.05) is 25.5 Å². The summed E-state index contributed by atoms with van der Waals surface area (Å²) in [5.41, 5.74) is 5.35. The summed E-state index contributed by atoms with van der Waals surface area (Å²) in [5.74, 6) is 0.910. The highest BCUT2D eigenvalue weighted by Crippen LogP contribution is 2.33. The van der Waals surface area contributed by atoms with Crippen molar-refractivity contribution < 1.29 is 4.74 Å². The molecule has 0 aliphatic heterocycles. The van der Waals surface area contributed by atoms with Crippen LogP contribution in [0.25, 0.3) is 0 Å². The maximum atomic E-state index is 5.47. The van der Waals surface area contributed by atoms with E-state index in [-0.39, 0.29) is 6.04 Å². The van der Waals surface area contributed by atoms with Gasteiger partial charge in [-0.15, -0.1) is 11.3 Å². The molecule has 1 heterocycles. The fourth-order valence-electron chi connectivity index (χ4n) is 2.10. The SMILES string of the molecule is CNC(c1cc(C)ccc1OC)c1scnc1C. The molecule has 2 aromatic rings. The molecule has 1 N–H and O–H groups in total. The first-order chi connectivity index (χ1) is 8.67. The van der Waals surface area contributed by atoms with E-state index in [0.29, 0.717) is 0 Å². The summed E-state index contributed by atoms with van der Waals surface area (Å²) in [6.07, 6.45) is 0. The fraction of sp³-hybridized carbons (Fsp3) is 0.357. The number of thiazole rings is 1. The molecule has 3 nitrogen and oxygen atoms in total. The molecule has 0 aliphatic carbocycles. The van der Waals surface area contributed by atoms with Gasteiger partial charge in [0.05, 0.1) is 24.4 Å². The Morgan fingerprint density at radius 2 is 2.11 bits per heavy atom. The Labute approximate surface area is 112 Å². The van der Waals surface area contributed by atoms with Crippen LogP contribution in [0, 0.1) is 13.8 Å². The van der Waals surface area contributed by atoms with Crippen LogP contribution in [0.4, 0.5) is 0 Å². The molecule has 0 spiro atoms. The second-order valence-electron chi connectivity index (χ2n) is 4.27. The second kappa shape index (κ2) is 5.50. The number of hydrogen-bond acceptors (Lipinski definition) is 4. The minimum absolute atomic E-state index is 0.132. The fourth-order valence-corrected chi connectivity index (χ4v) is 3.02. The zero-order valence-corrected chi connectivity index (χ0v) is 12.0. The molecule has 0 bridgehead atoms. The molecular formula is C14H18N2OS. The normalized spacial score (nSPS) is 12.4. The summed E-state index contributed by atoms with van der Waals surface area (Å²) in [5, 5.41) is 3.35. The number of benzene rings is 1. The second-order valence-corrected chi connectivity index (χ2v) is 5.16. The maximum absolute atomic E-state index is 5.47. The smallest absolute Gasteiger partial charge is 0.124 e. The monoisotopic (exact) mass is 262 g/mol. The molecule has 0 saturated heterocycles. The zero-order chi connectivity index (χ0) is 13.1. The first-order valence-corrected chi connectivity index (χ1v) is 6.77. The molecule has 18 heavy (non-hydrogen) atoms. The van der Waals surface area contributed by atoms with Crippen molar-refractivity contribution in [2.75, 3.05) is 14.2 Å². The maximum Gasteiger partial charge on any atom is 0.124 e. The van der Waals surface area contributed by atoms with E-state index in [1.165, 1.54) is 10.4 Å². The summed E-state index contributed by atoms with van der Waals surface area (Å²) in [7, 11) is 3.67. The lowest BCUT2D eigenvalue weighted by Crippen LogP contribution is -2.18. The largest absolute Gasteiger partial charge is 0.496 e. The first-order valence-electron chi connectivity index (χ1n) is 5.89. The number of hydrogen-bond donors (Lipinski definition) is 1. The number of nitrogens with zero attached hydrogens (tertiary/aromatic N) is 1. The van der Waals surface area contributed by atoms with Gasteiger partial charge in [0.15, 0.2) is 0 Å². The average molecular weight is 262 g/mol. The Bertz CT molecular complexity index is 536. The molecule has 4 heteroatoms. The van der Waals surface area contributed by atoms with E-state index in [4.69, 9.17) is 4.74 Å². The van der Waals surface area contributed by atoms with Gasteiger partial charge in [0.1, 0.15) is 5.75 Å². The van der Waals surface area contributed by atoms with Crippen LogP contribution in [-0.2, 0) is 0 Å². The minimum atomic E-state index is 0.132. The van der Waals surface area contributed by atoms with Crippen LogP contribution in [0.2, 0.25) is 0 Å². The molecular weight excluding hydrogens is 244 g/mol. The third-order valence-electron chi connectivity index (χ3n) is 3.03. The number of ether oxygens (including phenoxy) is 1. The van der Waals surface area contributed by atoms with Gasteiger partial charge in [-0.05, 0) is 27.0 Å². The number of aromatic nitrogens is 1. The molecule has 0 fully saturated rings. The molecule has 1 aromatic carbocycles. The van der Waals surface area contributed by atoms with Crippen molar-refractivity contribution in [2.45, 2.75) is 19.9 Å². The Morgan fingerprint density at radius 3 is 2.67 bits per heavy atom. The number of nitrogens with one attached hydrogen (secondary N) is 1. The standard InChI is InChI=1S/C14H18N2OS/c1-9-5-6-12(17-4)11(7-9)13(15-3)14-10(2)16-8-18-14/h5-8,13,15H,1-4H3. The molecule has 96 valence electrons. The van der Waals surface area contributed by atoms with E-state index in [0.717, 1.165) is 17.0 Å². The van der Waals surface area contributed by atoms with E-state index in [9.17, 15) is 0 Å². The van der Waals surface area contributed by atoms with Crippen LogP contribution < -0.4 is 10.1 Å². The van der Waals surface area contributed by atoms with Gasteiger partial charge in [-0.1, -0.05) is 17.7 Å². The van der Waals surface area contributed by atoms with Crippen LogP contribution in [0.15, 0.2) is 23.7 Å². The van der Waals surface area contributed by atoms with E-state index >= 15 is 0 Å². The molecule has 1 unspecified atom stereocenters. The van der Waals surface area contributed by atoms with E-state index < -0.39 is 0 Å². The van der Waals surface area contributed by atoms with Crippen molar-refractivity contribution >= 4 is 11.3 Å². The summed E-state index contributed by atoms with van der Waals surface area (Å²) in [4.78, 5) is 5.56. The number of rotatable bonds is 4. The van der Waals surface area contributed by atoms with Crippen molar-refractivity contribution in [3.8, 4) is 5.75 Å². The van der Waals surface area contributed by atoms with Gasteiger partial charge in [-0.25, -0.2) is 4.98 Å². The molecule has 0 aliphatic rings. The van der Waals surface area contributed by atoms with Crippen molar-refractivity contribution in [1.29, 1.82) is 0 Å².